The predicted molar refractivity (Wildman–Crippen MR) is 141 cm³/mol. The van der Waals surface area contributed by atoms with E-state index < -0.39 is 24.2 Å². The number of hydrogen-bond donors (Lipinski definition) is 5. The summed E-state index contributed by atoms with van der Waals surface area (Å²) in [6.07, 6.45) is 6.38. The molecule has 13 atom stereocenters. The van der Waals surface area contributed by atoms with Crippen LogP contribution in [0, 0.1) is 52.3 Å². The van der Waals surface area contributed by atoms with Gasteiger partial charge < -0.3 is 25.7 Å². The Kier molecular flexibility index (Phi) is 8.39. The number of aliphatic hydroxyl groups excluding tert-OH is 3. The van der Waals surface area contributed by atoms with Crippen LogP contribution >= 0.6 is 0 Å². The van der Waals surface area contributed by atoms with Crippen LogP contribution in [0.3, 0.4) is 0 Å². The summed E-state index contributed by atoms with van der Waals surface area (Å²) in [5, 5.41) is 45.2. The highest BCUT2D eigenvalue weighted by molar-refractivity contribution is 5.83. The number of hydrogen-bond acceptors (Lipinski definition) is 5. The number of amides is 1. The number of nitrogens with one attached hydrogen (secondary N) is 1. The van der Waals surface area contributed by atoms with Crippen LogP contribution in [0.15, 0.2) is 0 Å². The average molecular weight is 522 g/mol. The van der Waals surface area contributed by atoms with Gasteiger partial charge in [0.2, 0.25) is 5.91 Å². The molecule has 5 N–H and O–H groups in total. The second-order valence-electron chi connectivity index (χ2n) is 13.8. The van der Waals surface area contributed by atoms with Crippen molar-refractivity contribution in [1.29, 1.82) is 0 Å². The molecule has 0 heterocycles. The Balaban J connectivity index is 1.43. The lowest BCUT2D eigenvalue weighted by Gasteiger charge is -2.63. The van der Waals surface area contributed by atoms with E-state index in [9.17, 15) is 30.0 Å². The fourth-order valence-electron chi connectivity index (χ4n) is 9.70. The molecule has 4 aliphatic carbocycles. The van der Waals surface area contributed by atoms with Gasteiger partial charge in [-0.15, -0.1) is 0 Å². The number of fused-ring (bicyclic) bond motifs is 5. The highest BCUT2D eigenvalue weighted by Crippen LogP contribution is 2.68. The summed E-state index contributed by atoms with van der Waals surface area (Å²) >= 11 is 0. The first kappa shape index (κ1) is 28.8. The number of aliphatic hydroxyl groups is 3. The van der Waals surface area contributed by atoms with E-state index in [1.165, 1.54) is 0 Å². The summed E-state index contributed by atoms with van der Waals surface area (Å²) < 4.78 is 0. The second-order valence-corrected chi connectivity index (χ2v) is 13.8. The lowest BCUT2D eigenvalue weighted by molar-refractivity contribution is -0.223. The first-order chi connectivity index (χ1) is 17.3. The van der Waals surface area contributed by atoms with Crippen molar-refractivity contribution in [1.82, 2.24) is 5.32 Å². The van der Waals surface area contributed by atoms with Gasteiger partial charge >= 0.3 is 5.97 Å². The first-order valence-electron chi connectivity index (χ1n) is 14.9. The SMILES string of the molecule is CCC(C)[C@H](NC(=O)CC[C@@H](C)[C@H]1CC[C@H]2[C@@H]3[C@H](O)[C@H](O)[C@@H]4C[C@H](O)CC[C@]4(C)[C@H]3CC[C@]12C)C(=O)O. The molecule has 0 bridgehead atoms. The van der Waals surface area contributed by atoms with Gasteiger partial charge in [-0.05, 0) is 104 Å². The third kappa shape index (κ3) is 4.98. The van der Waals surface area contributed by atoms with E-state index in [0.29, 0.717) is 42.9 Å². The summed E-state index contributed by atoms with van der Waals surface area (Å²) in [6.45, 7) is 10.7. The molecular formula is C30H51NO6. The van der Waals surface area contributed by atoms with Crippen LogP contribution in [0.4, 0.5) is 0 Å². The lowest BCUT2D eigenvalue weighted by Crippen LogP contribution is -2.64. The summed E-state index contributed by atoms with van der Waals surface area (Å²) in [7, 11) is 0. The Labute approximate surface area is 222 Å². The zero-order chi connectivity index (χ0) is 27.3. The molecule has 0 radical (unpaired) electrons. The smallest absolute Gasteiger partial charge is 0.326 e. The Bertz CT molecular complexity index is 850. The highest BCUT2D eigenvalue weighted by Gasteiger charge is 2.65. The van der Waals surface area contributed by atoms with Crippen molar-refractivity contribution in [3.05, 3.63) is 0 Å². The molecule has 0 aromatic carbocycles. The molecule has 7 heteroatoms. The lowest BCUT2D eigenvalue weighted by atomic mass is 9.43. The molecule has 37 heavy (non-hydrogen) atoms. The van der Waals surface area contributed by atoms with Crippen molar-refractivity contribution in [2.24, 2.45) is 52.3 Å². The highest BCUT2D eigenvalue weighted by atomic mass is 16.4. The topological polar surface area (TPSA) is 127 Å². The molecule has 4 rings (SSSR count). The minimum absolute atomic E-state index is 0.0397. The van der Waals surface area contributed by atoms with Gasteiger partial charge in [0, 0.05) is 6.42 Å². The molecular weight excluding hydrogens is 470 g/mol. The molecule has 4 fully saturated rings. The molecule has 212 valence electrons. The van der Waals surface area contributed by atoms with Crippen LogP contribution in [0.5, 0.6) is 0 Å². The van der Waals surface area contributed by atoms with Gasteiger partial charge in [0.25, 0.3) is 0 Å². The monoisotopic (exact) mass is 521 g/mol. The molecule has 0 saturated heterocycles. The van der Waals surface area contributed by atoms with E-state index >= 15 is 0 Å². The average Bonchev–Trinajstić information content (AvgIpc) is 3.21. The van der Waals surface area contributed by atoms with Crippen molar-refractivity contribution in [3.8, 4) is 0 Å². The zero-order valence-electron chi connectivity index (χ0n) is 23.5. The number of aliphatic carboxylic acids is 1. The van der Waals surface area contributed by atoms with Crippen LogP contribution in [-0.2, 0) is 9.59 Å². The van der Waals surface area contributed by atoms with Gasteiger partial charge in [0.1, 0.15) is 6.04 Å². The summed E-state index contributed by atoms with van der Waals surface area (Å²) in [5.41, 5.74) is 0.0252. The maximum absolute atomic E-state index is 12.7. The Morgan fingerprint density at radius 2 is 1.57 bits per heavy atom. The van der Waals surface area contributed by atoms with Gasteiger partial charge in [-0.1, -0.05) is 41.0 Å². The van der Waals surface area contributed by atoms with E-state index in [1.54, 1.807) is 0 Å². The molecule has 0 aromatic heterocycles. The van der Waals surface area contributed by atoms with E-state index in [0.717, 1.165) is 44.9 Å². The second kappa shape index (κ2) is 10.8. The van der Waals surface area contributed by atoms with Gasteiger partial charge in [-0.2, -0.15) is 0 Å². The van der Waals surface area contributed by atoms with E-state index in [4.69, 9.17) is 0 Å². The summed E-state index contributed by atoms with van der Waals surface area (Å²) in [6, 6.07) is -0.846. The van der Waals surface area contributed by atoms with Crippen molar-refractivity contribution < 1.29 is 30.0 Å². The van der Waals surface area contributed by atoms with Gasteiger partial charge in [0.05, 0.1) is 18.3 Å². The molecule has 7 nitrogen and oxygen atoms in total. The minimum Gasteiger partial charge on any atom is -0.480 e. The zero-order valence-corrected chi connectivity index (χ0v) is 23.5. The first-order valence-corrected chi connectivity index (χ1v) is 14.9. The number of carboxylic acids is 1. The van der Waals surface area contributed by atoms with Crippen LogP contribution in [-0.4, -0.2) is 56.7 Å². The fraction of sp³-hybridized carbons (Fsp3) is 0.933. The van der Waals surface area contributed by atoms with E-state index in [2.05, 4.69) is 26.1 Å². The largest absolute Gasteiger partial charge is 0.480 e. The van der Waals surface area contributed by atoms with Crippen molar-refractivity contribution in [2.45, 2.75) is 123 Å². The molecule has 0 spiro atoms. The predicted octanol–water partition coefficient (Wildman–Crippen LogP) is 3.98. The Hall–Kier alpha value is -1.18. The van der Waals surface area contributed by atoms with Crippen LogP contribution in [0.1, 0.15) is 98.8 Å². The summed E-state index contributed by atoms with van der Waals surface area (Å²) in [4.78, 5) is 24.3. The summed E-state index contributed by atoms with van der Waals surface area (Å²) in [5.74, 6) is 0.243. The third-order valence-corrected chi connectivity index (χ3v) is 12.1. The third-order valence-electron chi connectivity index (χ3n) is 12.1. The quantitative estimate of drug-likeness (QED) is 0.329. The molecule has 4 aliphatic rings. The standard InChI is InChI=1S/C30H51NO6/c1-6-16(2)25(28(36)37)31-23(33)10-7-17(3)19-8-9-20-24-21(12-14-29(19,20)4)30(5)13-11-18(32)15-22(30)26(34)27(24)35/h16-22,24-27,32,34-35H,6-15H2,1-5H3,(H,31,33)(H,36,37)/t16?,17-,18-,19-,20+,21+,22+,24+,25+,26-,27+,29-,30-/m1/s1. The molecule has 1 unspecified atom stereocenters. The minimum atomic E-state index is -0.977. The molecule has 0 aromatic rings. The van der Waals surface area contributed by atoms with E-state index in [1.807, 2.05) is 13.8 Å². The molecule has 4 saturated carbocycles. The van der Waals surface area contributed by atoms with E-state index in [-0.39, 0.29) is 40.6 Å². The van der Waals surface area contributed by atoms with Gasteiger partial charge in [-0.3, -0.25) is 4.79 Å². The Morgan fingerprint density at radius 3 is 2.22 bits per heavy atom. The fourth-order valence-corrected chi connectivity index (χ4v) is 9.70. The normalized spacial score (nSPS) is 45.6. The number of carbonyl (C=O) groups excluding carboxylic acids is 1. The van der Waals surface area contributed by atoms with Gasteiger partial charge in [0.15, 0.2) is 0 Å². The molecule has 0 aliphatic heterocycles. The van der Waals surface area contributed by atoms with Gasteiger partial charge in [-0.25, -0.2) is 4.79 Å². The van der Waals surface area contributed by atoms with Crippen molar-refractivity contribution in [2.75, 3.05) is 0 Å². The maximum atomic E-state index is 12.7. The van der Waals surface area contributed by atoms with Crippen molar-refractivity contribution >= 4 is 11.9 Å². The number of carbonyl (C=O) groups is 2. The van der Waals surface area contributed by atoms with Crippen LogP contribution in [0.25, 0.3) is 0 Å². The van der Waals surface area contributed by atoms with Crippen LogP contribution < -0.4 is 5.32 Å². The molecule has 1 amide bonds. The van der Waals surface area contributed by atoms with Crippen LogP contribution in [0.2, 0.25) is 0 Å². The maximum Gasteiger partial charge on any atom is 0.326 e. The van der Waals surface area contributed by atoms with Crippen molar-refractivity contribution in [3.63, 3.8) is 0 Å². The Morgan fingerprint density at radius 1 is 0.919 bits per heavy atom. The number of rotatable bonds is 8. The number of carboxylic acid groups (broad SMARTS) is 1.